The number of carbonyl (C=O) groups is 1. The summed E-state index contributed by atoms with van der Waals surface area (Å²) in [5.74, 6) is -0.0379. The summed E-state index contributed by atoms with van der Waals surface area (Å²) in [6.07, 6.45) is 0.300. The van der Waals surface area contributed by atoms with Crippen LogP contribution in [-0.4, -0.2) is 36.9 Å². The molecule has 3 rings (SSSR count). The SMILES string of the molecule is Cc1ccc(NC(=O)Cc2nc(CN(C)Cc3ccc(N(C)C)cc3)cs2)cc1. The van der Waals surface area contributed by atoms with E-state index in [-0.39, 0.29) is 5.91 Å². The van der Waals surface area contributed by atoms with Gasteiger partial charge in [-0.15, -0.1) is 11.3 Å². The van der Waals surface area contributed by atoms with Crippen LogP contribution in [0.1, 0.15) is 21.8 Å². The lowest BCUT2D eigenvalue weighted by atomic mass is 10.2. The number of carbonyl (C=O) groups excluding carboxylic acids is 1. The van der Waals surface area contributed by atoms with Gasteiger partial charge in [0.1, 0.15) is 5.01 Å². The van der Waals surface area contributed by atoms with Crippen molar-refractivity contribution in [3.05, 3.63) is 75.7 Å². The second-order valence-corrected chi connectivity index (χ2v) is 8.50. The van der Waals surface area contributed by atoms with Gasteiger partial charge in [-0.1, -0.05) is 29.8 Å². The first-order valence-electron chi connectivity index (χ1n) is 9.63. The van der Waals surface area contributed by atoms with Crippen LogP contribution in [0.2, 0.25) is 0 Å². The summed E-state index contributed by atoms with van der Waals surface area (Å²) in [5.41, 5.74) is 5.46. The van der Waals surface area contributed by atoms with E-state index >= 15 is 0 Å². The van der Waals surface area contributed by atoms with Gasteiger partial charge in [0.05, 0.1) is 12.1 Å². The van der Waals surface area contributed by atoms with E-state index in [1.54, 1.807) is 11.3 Å². The molecule has 6 heteroatoms. The quantitative estimate of drug-likeness (QED) is 0.603. The van der Waals surface area contributed by atoms with E-state index in [2.05, 4.69) is 51.4 Å². The van der Waals surface area contributed by atoms with Gasteiger partial charge >= 0.3 is 0 Å². The third kappa shape index (κ3) is 6.41. The highest BCUT2D eigenvalue weighted by atomic mass is 32.1. The molecule has 0 atom stereocenters. The second-order valence-electron chi connectivity index (χ2n) is 7.56. The van der Waals surface area contributed by atoms with E-state index in [1.807, 2.05) is 50.7 Å². The maximum Gasteiger partial charge on any atom is 0.231 e. The number of nitrogens with one attached hydrogen (secondary N) is 1. The number of nitrogens with zero attached hydrogens (tertiary/aromatic N) is 3. The summed E-state index contributed by atoms with van der Waals surface area (Å²) in [7, 11) is 6.17. The molecule has 0 bridgehead atoms. The molecule has 1 heterocycles. The van der Waals surface area contributed by atoms with Crippen LogP contribution in [-0.2, 0) is 24.3 Å². The van der Waals surface area contributed by atoms with Crippen LogP contribution in [0.15, 0.2) is 53.9 Å². The number of rotatable bonds is 8. The molecule has 0 radical (unpaired) electrons. The molecule has 29 heavy (non-hydrogen) atoms. The molecule has 152 valence electrons. The average Bonchev–Trinajstić information content (AvgIpc) is 3.10. The Balaban J connectivity index is 1.50. The van der Waals surface area contributed by atoms with Crippen molar-refractivity contribution in [3.63, 3.8) is 0 Å². The fourth-order valence-corrected chi connectivity index (χ4v) is 3.81. The fraction of sp³-hybridized carbons (Fsp3) is 0.304. The van der Waals surface area contributed by atoms with Crippen LogP contribution < -0.4 is 10.2 Å². The third-order valence-corrected chi connectivity index (χ3v) is 5.48. The third-order valence-electron chi connectivity index (χ3n) is 4.58. The van der Waals surface area contributed by atoms with Crippen molar-refractivity contribution in [2.45, 2.75) is 26.4 Å². The van der Waals surface area contributed by atoms with Crippen molar-refractivity contribution >= 4 is 28.6 Å². The molecule has 2 aromatic carbocycles. The van der Waals surface area contributed by atoms with Gasteiger partial charge in [-0.2, -0.15) is 0 Å². The number of aryl methyl sites for hydroxylation is 1. The maximum atomic E-state index is 12.3. The van der Waals surface area contributed by atoms with Crippen LogP contribution in [0.4, 0.5) is 11.4 Å². The number of hydrogen-bond donors (Lipinski definition) is 1. The zero-order valence-electron chi connectivity index (χ0n) is 17.5. The molecule has 0 unspecified atom stereocenters. The molecule has 1 amide bonds. The molecule has 1 N–H and O–H groups in total. The van der Waals surface area contributed by atoms with Gasteiger partial charge in [-0.3, -0.25) is 9.69 Å². The molecule has 0 aliphatic rings. The van der Waals surface area contributed by atoms with Crippen molar-refractivity contribution in [1.29, 1.82) is 0 Å². The normalized spacial score (nSPS) is 10.9. The highest BCUT2D eigenvalue weighted by Crippen LogP contribution is 2.17. The van der Waals surface area contributed by atoms with E-state index in [9.17, 15) is 4.79 Å². The molecule has 0 fully saturated rings. The van der Waals surface area contributed by atoms with E-state index in [1.165, 1.54) is 16.8 Å². The highest BCUT2D eigenvalue weighted by molar-refractivity contribution is 7.09. The number of aromatic nitrogens is 1. The molecule has 0 saturated carbocycles. The summed E-state index contributed by atoms with van der Waals surface area (Å²) < 4.78 is 0. The Morgan fingerprint density at radius 1 is 1.00 bits per heavy atom. The Morgan fingerprint density at radius 3 is 2.34 bits per heavy atom. The Morgan fingerprint density at radius 2 is 1.69 bits per heavy atom. The molecule has 1 aromatic heterocycles. The van der Waals surface area contributed by atoms with Crippen LogP contribution in [0, 0.1) is 6.92 Å². The average molecular weight is 409 g/mol. The zero-order valence-corrected chi connectivity index (χ0v) is 18.3. The molecule has 0 aliphatic heterocycles. The van der Waals surface area contributed by atoms with Crippen molar-refractivity contribution in [1.82, 2.24) is 9.88 Å². The summed E-state index contributed by atoms with van der Waals surface area (Å²) in [5, 5.41) is 5.81. The van der Waals surface area contributed by atoms with Gasteiger partial charge in [0, 0.05) is 43.9 Å². The van der Waals surface area contributed by atoms with Crippen LogP contribution >= 0.6 is 11.3 Å². The van der Waals surface area contributed by atoms with Crippen molar-refractivity contribution in [3.8, 4) is 0 Å². The summed E-state index contributed by atoms with van der Waals surface area (Å²) >= 11 is 1.54. The minimum Gasteiger partial charge on any atom is -0.378 e. The minimum absolute atomic E-state index is 0.0379. The van der Waals surface area contributed by atoms with E-state index in [0.29, 0.717) is 6.42 Å². The zero-order chi connectivity index (χ0) is 20.8. The summed E-state index contributed by atoms with van der Waals surface area (Å²) in [6, 6.07) is 16.4. The maximum absolute atomic E-state index is 12.3. The Bertz CT molecular complexity index is 932. The number of amides is 1. The van der Waals surface area contributed by atoms with Gasteiger partial charge in [0.15, 0.2) is 0 Å². The summed E-state index contributed by atoms with van der Waals surface area (Å²) in [6.45, 7) is 3.64. The Labute approximate surface area is 177 Å². The molecule has 5 nitrogen and oxygen atoms in total. The van der Waals surface area contributed by atoms with Gasteiger partial charge in [0.25, 0.3) is 0 Å². The molecule has 0 spiro atoms. The van der Waals surface area contributed by atoms with Gasteiger partial charge in [0.2, 0.25) is 5.91 Å². The predicted molar refractivity (Wildman–Crippen MR) is 122 cm³/mol. The van der Waals surface area contributed by atoms with E-state index in [4.69, 9.17) is 0 Å². The second kappa shape index (κ2) is 9.67. The molecule has 0 saturated heterocycles. The lowest BCUT2D eigenvalue weighted by Gasteiger charge is -2.17. The number of hydrogen-bond acceptors (Lipinski definition) is 5. The van der Waals surface area contributed by atoms with E-state index < -0.39 is 0 Å². The summed E-state index contributed by atoms with van der Waals surface area (Å²) in [4.78, 5) is 21.2. The first-order chi connectivity index (χ1) is 13.9. The number of anilines is 2. The number of thiazole rings is 1. The lowest BCUT2D eigenvalue weighted by molar-refractivity contribution is -0.115. The minimum atomic E-state index is -0.0379. The Hall–Kier alpha value is -2.70. The van der Waals surface area contributed by atoms with Crippen molar-refractivity contribution in [2.24, 2.45) is 0 Å². The van der Waals surface area contributed by atoms with Crippen LogP contribution in [0.5, 0.6) is 0 Å². The molecule has 3 aromatic rings. The first kappa shape index (κ1) is 21.0. The van der Waals surface area contributed by atoms with Gasteiger partial charge in [-0.05, 0) is 43.8 Å². The standard InChI is InChI=1S/C23H28N4OS/c1-17-5-9-19(10-6-17)24-22(28)13-23-25-20(16-29-23)15-27(4)14-18-7-11-21(12-8-18)26(2)3/h5-12,16H,13-15H2,1-4H3,(H,24,28). The van der Waals surface area contributed by atoms with Crippen LogP contribution in [0.25, 0.3) is 0 Å². The van der Waals surface area contributed by atoms with Crippen molar-refractivity contribution < 1.29 is 4.79 Å². The topological polar surface area (TPSA) is 48.5 Å². The van der Waals surface area contributed by atoms with Crippen LogP contribution in [0.3, 0.4) is 0 Å². The predicted octanol–water partition coefficient (Wildman–Crippen LogP) is 4.33. The Kier molecular flexibility index (Phi) is 7.01. The molecular weight excluding hydrogens is 380 g/mol. The monoisotopic (exact) mass is 408 g/mol. The largest absolute Gasteiger partial charge is 0.378 e. The van der Waals surface area contributed by atoms with Crippen molar-refractivity contribution in [2.75, 3.05) is 31.4 Å². The van der Waals surface area contributed by atoms with Gasteiger partial charge < -0.3 is 10.2 Å². The molecule has 0 aliphatic carbocycles. The van der Waals surface area contributed by atoms with Gasteiger partial charge in [-0.25, -0.2) is 4.98 Å². The lowest BCUT2D eigenvalue weighted by Crippen LogP contribution is -2.18. The van der Waals surface area contributed by atoms with E-state index in [0.717, 1.165) is 29.5 Å². The fourth-order valence-electron chi connectivity index (χ4n) is 3.03. The smallest absolute Gasteiger partial charge is 0.231 e. The highest BCUT2D eigenvalue weighted by Gasteiger charge is 2.10. The number of benzene rings is 2. The molecular formula is C23H28N4OS. The first-order valence-corrected chi connectivity index (χ1v) is 10.5.